The van der Waals surface area contributed by atoms with Gasteiger partial charge in [-0.2, -0.15) is 0 Å². The zero-order chi connectivity index (χ0) is 19.2. The predicted molar refractivity (Wildman–Crippen MR) is 104 cm³/mol. The molecule has 2 unspecified atom stereocenters. The van der Waals surface area contributed by atoms with Gasteiger partial charge in [-0.25, -0.2) is 0 Å². The van der Waals surface area contributed by atoms with Gasteiger partial charge >= 0.3 is 5.97 Å². The van der Waals surface area contributed by atoms with Crippen LogP contribution in [0, 0.1) is 5.92 Å². The van der Waals surface area contributed by atoms with Crippen LogP contribution in [0.4, 0.5) is 0 Å². The molecule has 0 aliphatic carbocycles. The van der Waals surface area contributed by atoms with Gasteiger partial charge in [-0.1, -0.05) is 36.4 Å². The Hall–Kier alpha value is -2.53. The maximum atomic E-state index is 12.6. The normalized spacial score (nSPS) is 19.7. The molecule has 0 radical (unpaired) electrons. The van der Waals surface area contributed by atoms with E-state index in [9.17, 15) is 4.79 Å². The summed E-state index contributed by atoms with van der Waals surface area (Å²) in [4.78, 5) is 14.9. The molecule has 1 heterocycles. The highest BCUT2D eigenvalue weighted by molar-refractivity contribution is 5.74. The molecule has 3 rings (SSSR count). The van der Waals surface area contributed by atoms with Crippen LogP contribution in [-0.2, 0) is 16.1 Å². The van der Waals surface area contributed by atoms with Gasteiger partial charge in [0.15, 0.2) is 11.5 Å². The van der Waals surface area contributed by atoms with Crippen LogP contribution in [-0.4, -0.2) is 44.8 Å². The highest BCUT2D eigenvalue weighted by atomic mass is 16.5. The number of methoxy groups -OCH3 is 2. The van der Waals surface area contributed by atoms with E-state index < -0.39 is 0 Å². The minimum Gasteiger partial charge on any atom is -0.493 e. The highest BCUT2D eigenvalue weighted by Crippen LogP contribution is 2.38. The first-order valence-corrected chi connectivity index (χ1v) is 9.31. The average Bonchev–Trinajstić information content (AvgIpc) is 3.12. The fourth-order valence-electron chi connectivity index (χ4n) is 3.77. The van der Waals surface area contributed by atoms with Crippen molar-refractivity contribution < 1.29 is 19.0 Å². The van der Waals surface area contributed by atoms with Crippen LogP contribution in [0.5, 0.6) is 11.5 Å². The molecule has 144 valence electrons. The van der Waals surface area contributed by atoms with Gasteiger partial charge in [0.1, 0.15) is 0 Å². The molecule has 1 aliphatic rings. The number of benzene rings is 2. The predicted octanol–water partition coefficient (Wildman–Crippen LogP) is 3.48. The van der Waals surface area contributed by atoms with Crippen molar-refractivity contribution in [2.75, 3.05) is 33.9 Å². The number of esters is 1. The molecule has 1 fully saturated rings. The fraction of sp³-hybridized carbons (Fsp3) is 0.409. The van der Waals surface area contributed by atoms with Gasteiger partial charge in [0, 0.05) is 25.6 Å². The van der Waals surface area contributed by atoms with Crippen LogP contribution in [0.3, 0.4) is 0 Å². The van der Waals surface area contributed by atoms with Gasteiger partial charge in [-0.05, 0) is 30.2 Å². The van der Waals surface area contributed by atoms with E-state index in [2.05, 4.69) is 17.0 Å². The van der Waals surface area contributed by atoms with E-state index in [1.807, 2.05) is 43.3 Å². The summed E-state index contributed by atoms with van der Waals surface area (Å²) in [6.07, 6.45) is 0. The summed E-state index contributed by atoms with van der Waals surface area (Å²) in [5.41, 5.74) is 2.31. The molecule has 27 heavy (non-hydrogen) atoms. The highest BCUT2D eigenvalue weighted by Gasteiger charge is 2.39. The van der Waals surface area contributed by atoms with Crippen LogP contribution < -0.4 is 9.47 Å². The first-order chi connectivity index (χ1) is 13.2. The summed E-state index contributed by atoms with van der Waals surface area (Å²) < 4.78 is 16.1. The van der Waals surface area contributed by atoms with Crippen molar-refractivity contribution in [3.8, 4) is 11.5 Å². The Kier molecular flexibility index (Phi) is 6.35. The maximum absolute atomic E-state index is 12.6. The Balaban J connectivity index is 1.84. The monoisotopic (exact) mass is 369 g/mol. The Bertz CT molecular complexity index is 762. The van der Waals surface area contributed by atoms with Gasteiger partial charge < -0.3 is 14.2 Å². The van der Waals surface area contributed by atoms with Crippen molar-refractivity contribution in [2.45, 2.75) is 19.4 Å². The third kappa shape index (κ3) is 4.42. The molecule has 5 nitrogen and oxygen atoms in total. The molecular formula is C22H27NO4. The van der Waals surface area contributed by atoms with Gasteiger partial charge in [-0.15, -0.1) is 0 Å². The summed E-state index contributed by atoms with van der Waals surface area (Å²) in [6.45, 7) is 4.55. The number of rotatable bonds is 7. The fourth-order valence-corrected chi connectivity index (χ4v) is 3.77. The van der Waals surface area contributed by atoms with Crippen LogP contribution in [0.25, 0.3) is 0 Å². The van der Waals surface area contributed by atoms with Crippen molar-refractivity contribution in [3.05, 3.63) is 59.7 Å². The second kappa shape index (κ2) is 8.91. The van der Waals surface area contributed by atoms with Gasteiger partial charge in [-0.3, -0.25) is 9.69 Å². The molecule has 0 bridgehead atoms. The smallest absolute Gasteiger partial charge is 0.310 e. The number of nitrogens with zero attached hydrogens (tertiary/aromatic N) is 1. The molecule has 5 heteroatoms. The van der Waals surface area contributed by atoms with Crippen molar-refractivity contribution in [1.29, 1.82) is 0 Å². The number of hydrogen-bond acceptors (Lipinski definition) is 5. The van der Waals surface area contributed by atoms with E-state index in [0.717, 1.165) is 18.7 Å². The Morgan fingerprint density at radius 2 is 1.78 bits per heavy atom. The minimum absolute atomic E-state index is 0.0626. The average molecular weight is 369 g/mol. The molecule has 1 aliphatic heterocycles. The van der Waals surface area contributed by atoms with Crippen molar-refractivity contribution >= 4 is 5.97 Å². The van der Waals surface area contributed by atoms with E-state index in [0.29, 0.717) is 24.7 Å². The van der Waals surface area contributed by atoms with E-state index >= 15 is 0 Å². The van der Waals surface area contributed by atoms with E-state index in [4.69, 9.17) is 14.2 Å². The number of hydrogen-bond donors (Lipinski definition) is 0. The number of carbonyl (C=O) groups is 1. The molecular weight excluding hydrogens is 342 g/mol. The quantitative estimate of drug-likeness (QED) is 0.700. The number of carbonyl (C=O) groups excluding carboxylic acids is 1. The first-order valence-electron chi connectivity index (χ1n) is 9.31. The summed E-state index contributed by atoms with van der Waals surface area (Å²) in [6, 6.07) is 16.2. The summed E-state index contributed by atoms with van der Waals surface area (Å²) in [5, 5.41) is 0. The minimum atomic E-state index is -0.188. The van der Waals surface area contributed by atoms with Crippen molar-refractivity contribution in [1.82, 2.24) is 4.90 Å². The molecule has 1 saturated heterocycles. The molecule has 2 atom stereocenters. The lowest BCUT2D eigenvalue weighted by Crippen LogP contribution is -2.25. The second-order valence-corrected chi connectivity index (χ2v) is 6.76. The molecule has 0 amide bonds. The zero-order valence-electron chi connectivity index (χ0n) is 16.2. The standard InChI is InChI=1S/C22H27NO4/c1-4-27-22(24)19-15-23(13-16-8-6-5-7-9-16)14-18(19)17-10-11-20(25-2)21(12-17)26-3/h5-12,18-19H,4,13-15H2,1-3H3. The Labute approximate surface area is 160 Å². The van der Waals surface area contributed by atoms with Crippen LogP contribution in [0.1, 0.15) is 24.0 Å². The van der Waals surface area contributed by atoms with Crippen LogP contribution >= 0.6 is 0 Å². The van der Waals surface area contributed by atoms with Crippen LogP contribution in [0.15, 0.2) is 48.5 Å². The maximum Gasteiger partial charge on any atom is 0.310 e. The Morgan fingerprint density at radius 3 is 2.44 bits per heavy atom. The lowest BCUT2D eigenvalue weighted by Gasteiger charge is -2.19. The SMILES string of the molecule is CCOC(=O)C1CN(Cc2ccccc2)CC1c1ccc(OC)c(OC)c1. The molecule has 0 aromatic heterocycles. The summed E-state index contributed by atoms with van der Waals surface area (Å²) in [7, 11) is 3.25. The molecule has 0 spiro atoms. The van der Waals surface area contributed by atoms with E-state index in [-0.39, 0.29) is 17.8 Å². The van der Waals surface area contributed by atoms with Gasteiger partial charge in [0.25, 0.3) is 0 Å². The van der Waals surface area contributed by atoms with Gasteiger partial charge in [0.05, 0.1) is 26.7 Å². The number of likely N-dealkylation sites (tertiary alicyclic amines) is 1. The third-order valence-electron chi connectivity index (χ3n) is 5.07. The molecule has 0 saturated carbocycles. The van der Waals surface area contributed by atoms with Gasteiger partial charge in [0.2, 0.25) is 0 Å². The zero-order valence-corrected chi connectivity index (χ0v) is 16.2. The van der Waals surface area contributed by atoms with Crippen molar-refractivity contribution in [3.63, 3.8) is 0 Å². The molecule has 0 N–H and O–H groups in total. The second-order valence-electron chi connectivity index (χ2n) is 6.76. The van der Waals surface area contributed by atoms with Crippen LogP contribution in [0.2, 0.25) is 0 Å². The van der Waals surface area contributed by atoms with E-state index in [1.54, 1.807) is 14.2 Å². The summed E-state index contributed by atoms with van der Waals surface area (Å²) >= 11 is 0. The lowest BCUT2D eigenvalue weighted by atomic mass is 9.89. The Morgan fingerprint density at radius 1 is 1.04 bits per heavy atom. The first kappa shape index (κ1) is 19.2. The summed E-state index contributed by atoms with van der Waals surface area (Å²) in [5.74, 6) is 1.11. The lowest BCUT2D eigenvalue weighted by molar-refractivity contribution is -0.148. The topological polar surface area (TPSA) is 48.0 Å². The molecule has 2 aromatic rings. The van der Waals surface area contributed by atoms with Crippen molar-refractivity contribution in [2.24, 2.45) is 5.92 Å². The molecule has 2 aromatic carbocycles. The third-order valence-corrected chi connectivity index (χ3v) is 5.07. The van der Waals surface area contributed by atoms with E-state index in [1.165, 1.54) is 5.56 Å². The largest absolute Gasteiger partial charge is 0.493 e. The number of ether oxygens (including phenoxy) is 3.